The van der Waals surface area contributed by atoms with E-state index in [0.29, 0.717) is 0 Å². The second kappa shape index (κ2) is 3.73. The SMILES string of the molecule is C=CN=C(Cl)N(C)S(C)(=O)=O. The van der Waals surface area contributed by atoms with Crippen LogP contribution in [-0.2, 0) is 10.0 Å². The van der Waals surface area contributed by atoms with Gasteiger partial charge in [0.05, 0.1) is 6.26 Å². The molecule has 0 N–H and O–H groups in total. The molecule has 0 aromatic carbocycles. The third-order valence-corrected chi connectivity index (χ3v) is 2.57. The summed E-state index contributed by atoms with van der Waals surface area (Å²) in [5, 5.41) is -0.123. The Labute approximate surface area is 71.2 Å². The Hall–Kier alpha value is -0.550. The van der Waals surface area contributed by atoms with Gasteiger partial charge in [0, 0.05) is 13.2 Å². The molecule has 0 fully saturated rings. The van der Waals surface area contributed by atoms with Crippen LogP contribution in [-0.4, -0.2) is 31.3 Å². The molecule has 11 heavy (non-hydrogen) atoms. The molecule has 64 valence electrons. The van der Waals surface area contributed by atoms with Gasteiger partial charge in [-0.3, -0.25) is 0 Å². The summed E-state index contributed by atoms with van der Waals surface area (Å²) in [6.07, 6.45) is 2.21. The fourth-order valence-corrected chi connectivity index (χ4v) is 1.06. The molecular formula is C5H9ClN2O2S. The molecule has 0 saturated heterocycles. The Morgan fingerprint density at radius 1 is 1.73 bits per heavy atom. The lowest BCUT2D eigenvalue weighted by molar-refractivity contribution is 0.561. The van der Waals surface area contributed by atoms with Crippen LogP contribution in [0.15, 0.2) is 17.8 Å². The fourth-order valence-electron chi connectivity index (χ4n) is 0.293. The Balaban J connectivity index is 4.64. The summed E-state index contributed by atoms with van der Waals surface area (Å²) in [5.41, 5.74) is 0. The molecule has 0 aromatic rings. The quantitative estimate of drug-likeness (QED) is 0.369. The lowest BCUT2D eigenvalue weighted by Gasteiger charge is -2.12. The molecule has 6 heteroatoms. The van der Waals surface area contributed by atoms with Gasteiger partial charge in [-0.2, -0.15) is 0 Å². The van der Waals surface area contributed by atoms with Crippen LogP contribution < -0.4 is 0 Å². The van der Waals surface area contributed by atoms with Crippen molar-refractivity contribution >= 4 is 26.9 Å². The van der Waals surface area contributed by atoms with Gasteiger partial charge >= 0.3 is 0 Å². The summed E-state index contributed by atoms with van der Waals surface area (Å²) < 4.78 is 22.4. The molecule has 0 saturated carbocycles. The van der Waals surface area contributed by atoms with Gasteiger partial charge in [0.2, 0.25) is 15.3 Å². The minimum absolute atomic E-state index is 0.123. The first-order valence-electron chi connectivity index (χ1n) is 2.67. The maximum atomic E-state index is 10.8. The van der Waals surface area contributed by atoms with Crippen LogP contribution in [0.1, 0.15) is 0 Å². The third kappa shape index (κ3) is 3.38. The van der Waals surface area contributed by atoms with Gasteiger partial charge in [-0.1, -0.05) is 6.58 Å². The smallest absolute Gasteiger partial charge is 0.233 e. The molecule has 4 nitrogen and oxygen atoms in total. The average molecular weight is 197 g/mol. The summed E-state index contributed by atoms with van der Waals surface area (Å²) in [5.74, 6) is 0. The van der Waals surface area contributed by atoms with Crippen LogP contribution in [0.25, 0.3) is 0 Å². The first kappa shape index (κ1) is 10.4. The van der Waals surface area contributed by atoms with Crippen molar-refractivity contribution < 1.29 is 8.42 Å². The summed E-state index contributed by atoms with van der Waals surface area (Å²) >= 11 is 5.44. The number of sulfonamides is 1. The largest absolute Gasteiger partial charge is 0.247 e. The summed E-state index contributed by atoms with van der Waals surface area (Å²) in [6, 6.07) is 0. The lowest BCUT2D eigenvalue weighted by Crippen LogP contribution is -2.28. The highest BCUT2D eigenvalue weighted by Gasteiger charge is 2.12. The fraction of sp³-hybridized carbons (Fsp3) is 0.400. The second-order valence-corrected chi connectivity index (χ2v) is 4.16. The van der Waals surface area contributed by atoms with E-state index in [2.05, 4.69) is 11.6 Å². The number of nitrogens with zero attached hydrogens (tertiary/aromatic N) is 2. The van der Waals surface area contributed by atoms with Crippen LogP contribution in [0.5, 0.6) is 0 Å². The molecule has 0 spiro atoms. The van der Waals surface area contributed by atoms with Crippen molar-refractivity contribution in [2.24, 2.45) is 4.99 Å². The number of rotatable bonds is 2. The van der Waals surface area contributed by atoms with Crippen LogP contribution in [0.2, 0.25) is 0 Å². The number of hydrogen-bond donors (Lipinski definition) is 0. The number of halogens is 1. The van der Waals surface area contributed by atoms with Crippen LogP contribution in [0.3, 0.4) is 0 Å². The molecule has 0 heterocycles. The molecular weight excluding hydrogens is 188 g/mol. The van der Waals surface area contributed by atoms with Gasteiger partial charge in [0.1, 0.15) is 0 Å². The van der Waals surface area contributed by atoms with E-state index < -0.39 is 10.0 Å². The van der Waals surface area contributed by atoms with Gasteiger partial charge in [0.25, 0.3) is 0 Å². The van der Waals surface area contributed by atoms with E-state index in [0.717, 1.165) is 10.6 Å². The van der Waals surface area contributed by atoms with Gasteiger partial charge in [0.15, 0.2) is 0 Å². The van der Waals surface area contributed by atoms with Crippen molar-refractivity contribution in [1.29, 1.82) is 0 Å². The standard InChI is InChI=1S/C5H9ClN2O2S/c1-4-7-5(6)8(2)11(3,9)10/h4H,1H2,2-3H3. The highest BCUT2D eigenvalue weighted by molar-refractivity contribution is 7.89. The number of hydrogen-bond acceptors (Lipinski definition) is 3. The predicted molar refractivity (Wildman–Crippen MR) is 46.1 cm³/mol. The van der Waals surface area contributed by atoms with Gasteiger partial charge in [-0.25, -0.2) is 17.7 Å². The van der Waals surface area contributed by atoms with Gasteiger partial charge in [-0.15, -0.1) is 0 Å². The first-order valence-corrected chi connectivity index (χ1v) is 4.90. The summed E-state index contributed by atoms with van der Waals surface area (Å²) in [6.45, 7) is 3.27. The van der Waals surface area contributed by atoms with E-state index in [1.807, 2.05) is 0 Å². The highest BCUT2D eigenvalue weighted by atomic mass is 35.5. The Bertz CT molecular complexity index is 270. The molecule has 0 aliphatic carbocycles. The molecule has 0 aliphatic heterocycles. The number of amidine groups is 1. The van der Waals surface area contributed by atoms with E-state index in [1.54, 1.807) is 0 Å². The molecule has 0 aliphatic rings. The topological polar surface area (TPSA) is 49.7 Å². The van der Waals surface area contributed by atoms with Gasteiger partial charge < -0.3 is 0 Å². The van der Waals surface area contributed by atoms with E-state index in [-0.39, 0.29) is 5.29 Å². The van der Waals surface area contributed by atoms with Crippen LogP contribution in [0, 0.1) is 0 Å². The summed E-state index contributed by atoms with van der Waals surface area (Å²) in [7, 11) is -1.99. The van der Waals surface area contributed by atoms with E-state index in [1.165, 1.54) is 13.2 Å². The Kier molecular flexibility index (Phi) is 3.54. The molecule has 0 bridgehead atoms. The molecule has 0 aromatic heterocycles. The van der Waals surface area contributed by atoms with E-state index in [4.69, 9.17) is 11.6 Å². The average Bonchev–Trinajstić information content (AvgIpc) is 1.85. The van der Waals surface area contributed by atoms with Crippen molar-refractivity contribution in [2.75, 3.05) is 13.3 Å². The van der Waals surface area contributed by atoms with Gasteiger partial charge in [-0.05, 0) is 11.6 Å². The monoisotopic (exact) mass is 196 g/mol. The van der Waals surface area contributed by atoms with E-state index >= 15 is 0 Å². The van der Waals surface area contributed by atoms with Crippen molar-refractivity contribution in [3.8, 4) is 0 Å². The van der Waals surface area contributed by atoms with Crippen molar-refractivity contribution in [3.05, 3.63) is 12.8 Å². The normalized spacial score (nSPS) is 12.8. The predicted octanol–water partition coefficient (Wildman–Crippen LogP) is 0.616. The third-order valence-electron chi connectivity index (χ3n) is 0.955. The Morgan fingerprint density at radius 2 is 2.18 bits per heavy atom. The van der Waals surface area contributed by atoms with Crippen LogP contribution in [0.4, 0.5) is 0 Å². The lowest BCUT2D eigenvalue weighted by atomic mass is 11.0. The van der Waals surface area contributed by atoms with Crippen molar-refractivity contribution in [3.63, 3.8) is 0 Å². The zero-order valence-electron chi connectivity index (χ0n) is 6.28. The number of aliphatic imine (C=N–C) groups is 1. The maximum Gasteiger partial charge on any atom is 0.233 e. The first-order chi connectivity index (χ1) is 4.89. The summed E-state index contributed by atoms with van der Waals surface area (Å²) in [4.78, 5) is 3.48. The maximum absolute atomic E-state index is 10.8. The zero-order chi connectivity index (χ0) is 9.07. The second-order valence-electron chi connectivity index (χ2n) is 1.81. The zero-order valence-corrected chi connectivity index (χ0v) is 7.85. The minimum atomic E-state index is -3.30. The van der Waals surface area contributed by atoms with Crippen LogP contribution >= 0.6 is 11.6 Å². The minimum Gasteiger partial charge on any atom is -0.247 e. The Morgan fingerprint density at radius 3 is 2.45 bits per heavy atom. The molecule has 0 amide bonds. The molecule has 0 rings (SSSR count). The van der Waals surface area contributed by atoms with Crippen molar-refractivity contribution in [2.45, 2.75) is 0 Å². The van der Waals surface area contributed by atoms with Crippen molar-refractivity contribution in [1.82, 2.24) is 4.31 Å². The molecule has 0 radical (unpaired) electrons. The molecule has 0 atom stereocenters. The molecule has 0 unspecified atom stereocenters. The van der Waals surface area contributed by atoms with E-state index in [9.17, 15) is 8.42 Å². The highest BCUT2D eigenvalue weighted by Crippen LogP contribution is 1.99.